The van der Waals surface area contributed by atoms with Gasteiger partial charge in [-0.2, -0.15) is 0 Å². The van der Waals surface area contributed by atoms with Gasteiger partial charge >= 0.3 is 29.6 Å². The zero-order chi connectivity index (χ0) is 22.4. The summed E-state index contributed by atoms with van der Waals surface area (Å²) < 4.78 is 0. The number of carboxylic acid groups (broad SMARTS) is 1. The van der Waals surface area contributed by atoms with Gasteiger partial charge in [0.15, 0.2) is 0 Å². The maximum atomic E-state index is 11.1. The van der Waals surface area contributed by atoms with Crippen LogP contribution in [0.15, 0.2) is 66.7 Å². The zero-order valence-corrected chi connectivity index (χ0v) is 20.4. The largest absolute Gasteiger partial charge is 1.00 e. The quantitative estimate of drug-likeness (QED) is 0.391. The molecule has 0 unspecified atom stereocenters. The summed E-state index contributed by atoms with van der Waals surface area (Å²) in [5.41, 5.74) is 9.06. The van der Waals surface area contributed by atoms with Crippen LogP contribution in [-0.2, 0) is 0 Å². The number of benzene rings is 1. The number of aromatic nitrogens is 4. The first-order chi connectivity index (χ1) is 16.1. The van der Waals surface area contributed by atoms with Crippen molar-refractivity contribution in [3.8, 4) is 11.1 Å². The number of nitrogens with zero attached hydrogens (tertiary/aromatic N) is 2. The molecule has 0 saturated carbocycles. The third kappa shape index (κ3) is 4.39. The topological polar surface area (TPSA) is 97.5 Å². The molecule has 2 aliphatic heterocycles. The van der Waals surface area contributed by atoms with Crippen LogP contribution in [0.5, 0.6) is 0 Å². The molecule has 0 amide bonds. The van der Waals surface area contributed by atoms with E-state index >= 15 is 0 Å². The smallest absolute Gasteiger partial charge is 0.545 e. The fourth-order valence-corrected chi connectivity index (χ4v) is 4.04. The number of nitrogens with one attached hydrogen (secondary N) is 2. The maximum Gasteiger partial charge on any atom is 1.00 e. The Morgan fingerprint density at radius 2 is 1.18 bits per heavy atom. The minimum absolute atomic E-state index is 0. The van der Waals surface area contributed by atoms with Crippen molar-refractivity contribution in [3.63, 3.8) is 0 Å². The summed E-state index contributed by atoms with van der Waals surface area (Å²) in [5, 5.41) is 11.1. The van der Waals surface area contributed by atoms with E-state index in [-0.39, 0.29) is 35.1 Å². The molecule has 1 aromatic carbocycles. The molecule has 4 aromatic rings. The van der Waals surface area contributed by atoms with E-state index in [1.165, 1.54) is 0 Å². The van der Waals surface area contributed by atoms with Crippen molar-refractivity contribution in [2.24, 2.45) is 0 Å². The first kappa shape index (κ1) is 22.1. The second kappa shape index (κ2) is 8.91. The maximum absolute atomic E-state index is 11.1. The Bertz CT molecular complexity index is 1640. The molecule has 8 bridgehead atoms. The average molecular weight is 452 g/mol. The van der Waals surface area contributed by atoms with Crippen molar-refractivity contribution in [3.05, 3.63) is 95.1 Å². The van der Waals surface area contributed by atoms with Crippen LogP contribution in [0.1, 0.15) is 33.1 Å². The third-order valence-electron chi connectivity index (χ3n) is 5.60. The number of carbonyl (C=O) groups is 1. The number of hydrogen-bond donors (Lipinski definition) is 2. The van der Waals surface area contributed by atoms with E-state index in [0.717, 1.165) is 56.0 Å². The molecule has 3 aromatic heterocycles. The van der Waals surface area contributed by atoms with Crippen molar-refractivity contribution in [1.82, 2.24) is 19.9 Å². The van der Waals surface area contributed by atoms with E-state index in [1.54, 1.807) is 24.3 Å². The van der Waals surface area contributed by atoms with Crippen LogP contribution in [0.3, 0.4) is 0 Å². The van der Waals surface area contributed by atoms with Gasteiger partial charge in [-0.25, -0.2) is 9.97 Å². The van der Waals surface area contributed by atoms with Crippen molar-refractivity contribution in [2.45, 2.75) is 0 Å². The predicted octanol–water partition coefficient (Wildman–Crippen LogP) is 1.69. The normalized spacial score (nSPS) is 11.9. The number of aromatic amines is 2. The fraction of sp³-hybridized carbons (Fsp3) is 0. The Morgan fingerprint density at radius 1 is 0.647 bits per heavy atom. The Labute approximate surface area is 217 Å². The van der Waals surface area contributed by atoms with E-state index in [1.807, 2.05) is 66.8 Å². The zero-order valence-electron chi connectivity index (χ0n) is 18.4. The van der Waals surface area contributed by atoms with Gasteiger partial charge in [-0.3, -0.25) is 0 Å². The molecule has 0 saturated heterocycles. The molecule has 5 heterocycles. The molecule has 0 fully saturated rings. The Balaban J connectivity index is 0.00000241. The summed E-state index contributed by atoms with van der Waals surface area (Å²) in [6, 6.07) is 20.7. The Kier molecular flexibility index (Phi) is 5.79. The number of H-pyrrole nitrogens is 2. The molecule has 2 aliphatic rings. The molecular formula is C27H17N4NaO2. The van der Waals surface area contributed by atoms with Crippen LogP contribution < -0.4 is 34.7 Å². The van der Waals surface area contributed by atoms with Crippen molar-refractivity contribution < 1.29 is 39.5 Å². The van der Waals surface area contributed by atoms with Gasteiger partial charge < -0.3 is 19.9 Å². The standard InChI is InChI=1S/C27H18N4O2.Na/c32-27(33)17-3-1-16(2-4-17)25-14-24-13-22-8-7-20(29-22)11-18-5-6-19(28-18)12-21-9-10-23(30-21)15-26(25)31-24;/h1-15,28,31H,(H,32,33);/q;+1/p-1. The molecule has 7 heteroatoms. The van der Waals surface area contributed by atoms with Gasteiger partial charge in [0.25, 0.3) is 0 Å². The monoisotopic (exact) mass is 452 g/mol. The van der Waals surface area contributed by atoms with Crippen LogP contribution >= 0.6 is 0 Å². The van der Waals surface area contributed by atoms with Gasteiger partial charge in [0.2, 0.25) is 0 Å². The Hall–Kier alpha value is -3.71. The summed E-state index contributed by atoms with van der Waals surface area (Å²) in [7, 11) is 0. The van der Waals surface area contributed by atoms with E-state index in [2.05, 4.69) is 9.97 Å². The van der Waals surface area contributed by atoms with Crippen LogP contribution in [0.25, 0.3) is 57.5 Å². The van der Waals surface area contributed by atoms with Gasteiger partial charge in [0.1, 0.15) is 0 Å². The average Bonchev–Trinajstić information content (AvgIpc) is 3.59. The van der Waals surface area contributed by atoms with E-state index in [0.29, 0.717) is 0 Å². The fourth-order valence-electron chi connectivity index (χ4n) is 4.04. The van der Waals surface area contributed by atoms with Gasteiger partial charge in [-0.05, 0) is 77.9 Å². The number of hydrogen-bond acceptors (Lipinski definition) is 4. The second-order valence-electron chi connectivity index (χ2n) is 7.95. The SMILES string of the molecule is O=C([O-])c1ccc(-c2cc3cc4nc(cc5ccc(cc6nc(cc2[nH]3)C=C6)[nH]5)C=C4)cc1.[Na+]. The molecule has 0 atom stereocenters. The summed E-state index contributed by atoms with van der Waals surface area (Å²) in [4.78, 5) is 27.4. The van der Waals surface area contributed by atoms with Crippen molar-refractivity contribution >= 4 is 52.3 Å². The minimum Gasteiger partial charge on any atom is -0.545 e. The number of fused-ring (bicyclic) bond motifs is 8. The first-order valence-corrected chi connectivity index (χ1v) is 10.5. The molecule has 34 heavy (non-hydrogen) atoms. The van der Waals surface area contributed by atoms with Crippen LogP contribution in [0.4, 0.5) is 0 Å². The number of rotatable bonds is 2. The number of carbonyl (C=O) groups excluding carboxylic acids is 1. The van der Waals surface area contributed by atoms with Crippen molar-refractivity contribution in [2.75, 3.05) is 0 Å². The molecule has 6 nitrogen and oxygen atoms in total. The van der Waals surface area contributed by atoms with Crippen molar-refractivity contribution in [1.29, 1.82) is 0 Å². The molecule has 158 valence electrons. The Morgan fingerprint density at radius 3 is 1.74 bits per heavy atom. The molecule has 2 N–H and O–H groups in total. The third-order valence-corrected chi connectivity index (χ3v) is 5.60. The number of aromatic carboxylic acids is 1. The first-order valence-electron chi connectivity index (χ1n) is 10.5. The van der Waals surface area contributed by atoms with Gasteiger partial charge in [-0.1, -0.05) is 24.3 Å². The van der Waals surface area contributed by atoms with Crippen LogP contribution in [-0.4, -0.2) is 25.9 Å². The van der Waals surface area contributed by atoms with E-state index in [9.17, 15) is 9.90 Å². The molecule has 6 rings (SSSR count). The molecular weight excluding hydrogens is 435 g/mol. The predicted molar refractivity (Wildman–Crippen MR) is 129 cm³/mol. The second-order valence-corrected chi connectivity index (χ2v) is 7.95. The minimum atomic E-state index is -1.19. The number of carboxylic acids is 1. The van der Waals surface area contributed by atoms with Gasteiger partial charge in [-0.15, -0.1) is 0 Å². The summed E-state index contributed by atoms with van der Waals surface area (Å²) in [6.07, 6.45) is 7.90. The van der Waals surface area contributed by atoms with Gasteiger partial charge in [0, 0.05) is 27.6 Å². The molecule has 0 radical (unpaired) electrons. The molecule has 0 spiro atoms. The summed E-state index contributed by atoms with van der Waals surface area (Å²) in [6.45, 7) is 0. The summed E-state index contributed by atoms with van der Waals surface area (Å²) >= 11 is 0. The van der Waals surface area contributed by atoms with Crippen LogP contribution in [0.2, 0.25) is 0 Å². The van der Waals surface area contributed by atoms with E-state index < -0.39 is 5.97 Å². The molecule has 0 aliphatic carbocycles. The van der Waals surface area contributed by atoms with Crippen LogP contribution in [0, 0.1) is 0 Å². The van der Waals surface area contributed by atoms with E-state index in [4.69, 9.17) is 9.97 Å². The van der Waals surface area contributed by atoms with Gasteiger partial charge in [0.05, 0.1) is 28.7 Å². The summed E-state index contributed by atoms with van der Waals surface area (Å²) in [5.74, 6) is -1.19.